The molecule has 2 rings (SSSR count). The molecule has 3 nitrogen and oxygen atoms in total. The number of aliphatic hydroxyl groups excluding tert-OH is 1. The average molecular weight is 273 g/mol. The van der Waals surface area contributed by atoms with E-state index in [2.05, 4.69) is 0 Å². The van der Waals surface area contributed by atoms with Crippen molar-refractivity contribution in [3.8, 4) is 0 Å². The van der Waals surface area contributed by atoms with Crippen molar-refractivity contribution in [2.75, 3.05) is 19.0 Å². The maximum Gasteiger partial charge on any atom is 0.198 e. The number of nitrogens with zero attached hydrogens (tertiary/aromatic N) is 1. The molecular formula is C16H16FNO2. The molecule has 0 fully saturated rings. The largest absolute Gasteiger partial charge is 0.380 e. The van der Waals surface area contributed by atoms with Gasteiger partial charge in [0.15, 0.2) is 5.78 Å². The normalized spacial score (nSPS) is 12.0. The van der Waals surface area contributed by atoms with E-state index in [9.17, 15) is 14.3 Å². The van der Waals surface area contributed by atoms with Gasteiger partial charge in [-0.15, -0.1) is 0 Å². The van der Waals surface area contributed by atoms with Crippen LogP contribution in [0.5, 0.6) is 0 Å². The molecule has 20 heavy (non-hydrogen) atoms. The van der Waals surface area contributed by atoms with Crippen molar-refractivity contribution in [2.24, 2.45) is 0 Å². The Morgan fingerprint density at radius 3 is 2.35 bits per heavy atom. The van der Waals surface area contributed by atoms with Crippen LogP contribution in [-0.2, 0) is 0 Å². The molecule has 0 aromatic heterocycles. The van der Waals surface area contributed by atoms with E-state index in [1.54, 1.807) is 55.4 Å². The Balaban J connectivity index is 2.30. The number of aliphatic hydroxyl groups is 1. The Morgan fingerprint density at radius 2 is 1.80 bits per heavy atom. The fourth-order valence-corrected chi connectivity index (χ4v) is 1.92. The van der Waals surface area contributed by atoms with Crippen LogP contribution in [0.15, 0.2) is 48.5 Å². The van der Waals surface area contributed by atoms with Crippen molar-refractivity contribution < 1.29 is 14.3 Å². The van der Waals surface area contributed by atoms with E-state index in [4.69, 9.17) is 0 Å². The van der Waals surface area contributed by atoms with Gasteiger partial charge in [-0.2, -0.15) is 0 Å². The van der Waals surface area contributed by atoms with Crippen molar-refractivity contribution in [1.29, 1.82) is 0 Å². The van der Waals surface area contributed by atoms with E-state index in [-0.39, 0.29) is 5.56 Å². The molecule has 1 N–H and O–H groups in total. The Kier molecular flexibility index (Phi) is 4.15. The fraction of sp³-hybridized carbons (Fsp3) is 0.188. The summed E-state index contributed by atoms with van der Waals surface area (Å²) in [6, 6.07) is 12.8. The molecular weight excluding hydrogens is 257 g/mol. The highest BCUT2D eigenvalue weighted by Crippen LogP contribution is 2.23. The number of benzene rings is 2. The molecule has 4 heteroatoms. The zero-order valence-corrected chi connectivity index (χ0v) is 11.4. The third-order valence-corrected chi connectivity index (χ3v) is 3.10. The van der Waals surface area contributed by atoms with E-state index in [0.717, 1.165) is 0 Å². The molecule has 2 aromatic carbocycles. The second kappa shape index (κ2) is 5.84. The van der Waals surface area contributed by atoms with Crippen LogP contribution in [0.3, 0.4) is 0 Å². The zero-order chi connectivity index (χ0) is 14.7. The first-order chi connectivity index (χ1) is 9.50. The van der Waals surface area contributed by atoms with Gasteiger partial charge in [-0.05, 0) is 23.8 Å². The molecule has 0 aliphatic carbocycles. The fourth-order valence-electron chi connectivity index (χ4n) is 1.92. The Morgan fingerprint density at radius 1 is 1.15 bits per heavy atom. The topological polar surface area (TPSA) is 40.5 Å². The summed E-state index contributed by atoms with van der Waals surface area (Å²) in [7, 11) is 3.57. The van der Waals surface area contributed by atoms with Crippen LogP contribution in [0, 0.1) is 5.82 Å². The standard InChI is InChI=1S/C16H16FNO2/c1-18(2)12-8-9-13(14(17)10-12)16(20)15(19)11-6-4-3-5-7-11/h3-10,15,19H,1-2H3. The van der Waals surface area contributed by atoms with Crippen molar-refractivity contribution in [1.82, 2.24) is 0 Å². The van der Waals surface area contributed by atoms with E-state index in [0.29, 0.717) is 11.3 Å². The summed E-state index contributed by atoms with van der Waals surface area (Å²) in [5.41, 5.74) is 1.01. The summed E-state index contributed by atoms with van der Waals surface area (Å²) in [6.45, 7) is 0. The van der Waals surface area contributed by atoms with E-state index >= 15 is 0 Å². The van der Waals surface area contributed by atoms with Crippen LogP contribution in [0.25, 0.3) is 0 Å². The molecule has 0 saturated heterocycles. The number of rotatable bonds is 4. The highest BCUT2D eigenvalue weighted by molar-refractivity contribution is 6.00. The van der Waals surface area contributed by atoms with Gasteiger partial charge in [0, 0.05) is 19.8 Å². The number of hydrogen-bond donors (Lipinski definition) is 1. The van der Waals surface area contributed by atoms with E-state index in [1.807, 2.05) is 0 Å². The second-order valence-electron chi connectivity index (χ2n) is 4.74. The molecule has 1 unspecified atom stereocenters. The quantitative estimate of drug-likeness (QED) is 0.871. The lowest BCUT2D eigenvalue weighted by Gasteiger charge is -2.15. The summed E-state index contributed by atoms with van der Waals surface area (Å²) in [4.78, 5) is 13.9. The lowest BCUT2D eigenvalue weighted by atomic mass is 9.99. The first-order valence-electron chi connectivity index (χ1n) is 6.25. The van der Waals surface area contributed by atoms with E-state index in [1.165, 1.54) is 12.1 Å². The summed E-state index contributed by atoms with van der Waals surface area (Å²) in [6.07, 6.45) is -1.35. The molecule has 0 aliphatic heterocycles. The van der Waals surface area contributed by atoms with Crippen LogP contribution in [0.2, 0.25) is 0 Å². The summed E-state index contributed by atoms with van der Waals surface area (Å²) in [5, 5.41) is 10.0. The highest BCUT2D eigenvalue weighted by atomic mass is 19.1. The van der Waals surface area contributed by atoms with Crippen LogP contribution in [0.1, 0.15) is 22.0 Å². The first-order valence-corrected chi connectivity index (χ1v) is 6.25. The van der Waals surface area contributed by atoms with Gasteiger partial charge in [0.05, 0.1) is 5.56 Å². The minimum Gasteiger partial charge on any atom is -0.380 e. The molecule has 0 saturated carbocycles. The van der Waals surface area contributed by atoms with Gasteiger partial charge in [0.2, 0.25) is 0 Å². The number of Topliss-reactive ketones (excluding diaryl/α,β-unsaturated/α-hetero) is 1. The van der Waals surface area contributed by atoms with Gasteiger partial charge in [0.25, 0.3) is 0 Å². The van der Waals surface area contributed by atoms with Crippen molar-refractivity contribution in [3.05, 3.63) is 65.5 Å². The minimum absolute atomic E-state index is 0.105. The smallest absolute Gasteiger partial charge is 0.198 e. The van der Waals surface area contributed by atoms with Gasteiger partial charge < -0.3 is 10.0 Å². The molecule has 0 amide bonds. The molecule has 0 bridgehead atoms. The van der Waals surface area contributed by atoms with Crippen molar-refractivity contribution in [3.63, 3.8) is 0 Å². The number of hydrogen-bond acceptors (Lipinski definition) is 3. The number of ketones is 1. The lowest BCUT2D eigenvalue weighted by molar-refractivity contribution is 0.0743. The summed E-state index contributed by atoms with van der Waals surface area (Å²) >= 11 is 0. The third-order valence-electron chi connectivity index (χ3n) is 3.10. The summed E-state index contributed by atoms with van der Waals surface area (Å²) in [5.74, 6) is -1.27. The number of carbonyl (C=O) groups excluding carboxylic acids is 1. The second-order valence-corrected chi connectivity index (χ2v) is 4.74. The molecule has 0 aliphatic rings. The van der Waals surface area contributed by atoms with Gasteiger partial charge in [-0.1, -0.05) is 30.3 Å². The van der Waals surface area contributed by atoms with Gasteiger partial charge in [-0.3, -0.25) is 4.79 Å². The van der Waals surface area contributed by atoms with Crippen molar-refractivity contribution in [2.45, 2.75) is 6.10 Å². The first kappa shape index (κ1) is 14.2. The molecule has 0 heterocycles. The minimum atomic E-state index is -1.35. The highest BCUT2D eigenvalue weighted by Gasteiger charge is 2.22. The predicted molar refractivity (Wildman–Crippen MR) is 76.5 cm³/mol. The Labute approximate surface area is 117 Å². The monoisotopic (exact) mass is 273 g/mol. The third kappa shape index (κ3) is 2.86. The number of anilines is 1. The molecule has 104 valence electrons. The van der Waals surface area contributed by atoms with Crippen molar-refractivity contribution >= 4 is 11.5 Å². The molecule has 0 spiro atoms. The number of carbonyl (C=O) groups is 1. The molecule has 0 radical (unpaired) electrons. The SMILES string of the molecule is CN(C)c1ccc(C(=O)C(O)c2ccccc2)c(F)c1. The van der Waals surface area contributed by atoms with Crippen LogP contribution in [-0.4, -0.2) is 25.0 Å². The van der Waals surface area contributed by atoms with E-state index < -0.39 is 17.7 Å². The lowest BCUT2D eigenvalue weighted by Crippen LogP contribution is -2.15. The van der Waals surface area contributed by atoms with Gasteiger partial charge in [-0.25, -0.2) is 4.39 Å². The molecule has 2 aromatic rings. The summed E-state index contributed by atoms with van der Waals surface area (Å²) < 4.78 is 14.0. The van der Waals surface area contributed by atoms with Crippen LogP contribution < -0.4 is 4.90 Å². The van der Waals surface area contributed by atoms with Gasteiger partial charge >= 0.3 is 0 Å². The van der Waals surface area contributed by atoms with Crippen LogP contribution in [0.4, 0.5) is 10.1 Å². The number of halogens is 1. The maximum atomic E-state index is 14.0. The van der Waals surface area contributed by atoms with Crippen LogP contribution >= 0.6 is 0 Å². The molecule has 1 atom stereocenters. The average Bonchev–Trinajstić information content (AvgIpc) is 2.46. The predicted octanol–water partition coefficient (Wildman–Crippen LogP) is 2.81. The maximum absolute atomic E-state index is 14.0. The Bertz CT molecular complexity index is 611. The zero-order valence-electron chi connectivity index (χ0n) is 11.4. The van der Waals surface area contributed by atoms with Gasteiger partial charge in [0.1, 0.15) is 11.9 Å². The Hall–Kier alpha value is -2.20.